The molecule has 0 radical (unpaired) electrons. The average Bonchev–Trinajstić information content (AvgIpc) is 2.76. The summed E-state index contributed by atoms with van der Waals surface area (Å²) >= 11 is 5.53. The summed E-state index contributed by atoms with van der Waals surface area (Å²) in [6.45, 7) is 1.79. The minimum Gasteiger partial charge on any atom is -0.463 e. The molecule has 10 heteroatoms. The van der Waals surface area contributed by atoms with Gasteiger partial charge in [0.2, 0.25) is 11.8 Å². The number of alkyl halides is 4. The highest BCUT2D eigenvalue weighted by molar-refractivity contribution is 6.19. The summed E-state index contributed by atoms with van der Waals surface area (Å²) in [5.74, 6) is -2.41. The molecule has 19 heavy (non-hydrogen) atoms. The van der Waals surface area contributed by atoms with Crippen LogP contribution in [0.15, 0.2) is 11.8 Å². The predicted molar refractivity (Wildman–Crippen MR) is 60.4 cm³/mol. The smallest absolute Gasteiger partial charge is 0.451 e. The van der Waals surface area contributed by atoms with Crippen LogP contribution in [0.2, 0.25) is 0 Å². The van der Waals surface area contributed by atoms with E-state index in [9.17, 15) is 18.0 Å². The number of carbonyl (C=O) groups excluding carboxylic acids is 1. The fourth-order valence-corrected chi connectivity index (χ4v) is 1.17. The van der Waals surface area contributed by atoms with E-state index in [1.54, 1.807) is 12.0 Å². The van der Waals surface area contributed by atoms with Crippen molar-refractivity contribution in [3.05, 3.63) is 17.6 Å². The Morgan fingerprint density at radius 1 is 1.58 bits per heavy atom. The van der Waals surface area contributed by atoms with Crippen LogP contribution in [0.3, 0.4) is 0 Å². The summed E-state index contributed by atoms with van der Waals surface area (Å²) in [6, 6.07) is 0. The van der Waals surface area contributed by atoms with E-state index in [1.165, 1.54) is 0 Å². The number of nitrogens with one attached hydrogen (secondary N) is 2. The number of H-pyrrole nitrogens is 1. The second kappa shape index (κ2) is 6.41. The Kier molecular flexibility index (Phi) is 5.16. The Bertz CT molecular complexity index is 472. The minimum absolute atomic E-state index is 0.118. The van der Waals surface area contributed by atoms with Gasteiger partial charge in [0.25, 0.3) is 0 Å². The summed E-state index contributed by atoms with van der Waals surface area (Å²) in [5.41, 5.74) is 0.118. The van der Waals surface area contributed by atoms with Crippen molar-refractivity contribution in [1.29, 1.82) is 0 Å². The Labute approximate surface area is 111 Å². The molecule has 0 bridgehead atoms. The van der Waals surface area contributed by atoms with Crippen molar-refractivity contribution in [2.24, 2.45) is 0 Å². The molecule has 0 saturated carbocycles. The maximum absolute atomic E-state index is 12.3. The van der Waals surface area contributed by atoms with Crippen molar-refractivity contribution in [1.82, 2.24) is 15.2 Å². The lowest BCUT2D eigenvalue weighted by Crippen LogP contribution is -2.09. The highest BCUT2D eigenvalue weighted by Gasteiger charge is 2.35. The zero-order valence-corrected chi connectivity index (χ0v) is 10.5. The number of anilines is 1. The number of nitrogens with zero attached hydrogens (tertiary/aromatic N) is 2. The molecular formula is C9H10ClF3N4O2. The van der Waals surface area contributed by atoms with Crippen LogP contribution >= 0.6 is 11.6 Å². The monoisotopic (exact) mass is 298 g/mol. The number of aromatic amines is 1. The van der Waals surface area contributed by atoms with Crippen molar-refractivity contribution in [3.8, 4) is 0 Å². The van der Waals surface area contributed by atoms with Gasteiger partial charge < -0.3 is 10.1 Å². The fraction of sp³-hybridized carbons (Fsp3) is 0.444. The lowest BCUT2D eigenvalue weighted by molar-refractivity contribution is -0.144. The summed E-state index contributed by atoms with van der Waals surface area (Å²) in [7, 11) is 0. The number of halogens is 4. The SMILES string of the molecule is CCOC(=O)/C=C(/CCl)Nc1n[nH]c(C(F)(F)F)n1. The minimum atomic E-state index is -4.63. The van der Waals surface area contributed by atoms with E-state index < -0.39 is 18.0 Å². The van der Waals surface area contributed by atoms with Crippen LogP contribution in [-0.4, -0.2) is 33.6 Å². The van der Waals surface area contributed by atoms with Crippen molar-refractivity contribution < 1.29 is 22.7 Å². The zero-order chi connectivity index (χ0) is 14.5. The van der Waals surface area contributed by atoms with E-state index in [1.807, 2.05) is 0 Å². The predicted octanol–water partition coefficient (Wildman–Crippen LogP) is 1.92. The first-order valence-corrected chi connectivity index (χ1v) is 5.60. The number of hydrogen-bond donors (Lipinski definition) is 2. The van der Waals surface area contributed by atoms with Gasteiger partial charge in [-0.1, -0.05) is 0 Å². The van der Waals surface area contributed by atoms with Crippen LogP contribution < -0.4 is 5.32 Å². The summed E-state index contributed by atoms with van der Waals surface area (Å²) in [6.07, 6.45) is -3.61. The van der Waals surface area contributed by atoms with Gasteiger partial charge in [0.15, 0.2) is 0 Å². The Morgan fingerprint density at radius 3 is 2.74 bits per heavy atom. The Hall–Kier alpha value is -1.77. The van der Waals surface area contributed by atoms with E-state index in [4.69, 9.17) is 11.6 Å². The van der Waals surface area contributed by atoms with Gasteiger partial charge in [0.05, 0.1) is 12.5 Å². The first-order valence-electron chi connectivity index (χ1n) is 5.06. The van der Waals surface area contributed by atoms with Gasteiger partial charge in [-0.3, -0.25) is 5.10 Å². The molecule has 0 fully saturated rings. The maximum atomic E-state index is 12.3. The van der Waals surface area contributed by atoms with E-state index in [0.29, 0.717) is 0 Å². The quantitative estimate of drug-likeness (QED) is 0.493. The third-order valence-corrected chi connectivity index (χ3v) is 2.04. The van der Waals surface area contributed by atoms with Crippen molar-refractivity contribution >= 4 is 23.5 Å². The molecule has 0 atom stereocenters. The highest BCUT2D eigenvalue weighted by Crippen LogP contribution is 2.26. The molecule has 0 aromatic carbocycles. The molecular weight excluding hydrogens is 289 g/mol. The average molecular weight is 299 g/mol. The standard InChI is InChI=1S/C9H10ClF3N4O2/c1-2-19-6(18)3-5(4-10)14-8-15-7(16-17-8)9(11,12)13/h3H,2,4H2,1H3,(H2,14,15,16,17)/b5-3-. The number of rotatable bonds is 5. The van der Waals surface area contributed by atoms with Gasteiger partial charge in [-0.25, -0.2) is 4.79 Å². The first kappa shape index (κ1) is 15.3. The van der Waals surface area contributed by atoms with Gasteiger partial charge in [0, 0.05) is 11.8 Å². The molecule has 0 saturated heterocycles. The van der Waals surface area contributed by atoms with Gasteiger partial charge in [-0.2, -0.15) is 18.2 Å². The Balaban J connectivity index is 2.76. The van der Waals surface area contributed by atoms with Gasteiger partial charge >= 0.3 is 12.1 Å². The van der Waals surface area contributed by atoms with Crippen molar-refractivity contribution in [2.45, 2.75) is 13.1 Å². The number of carbonyl (C=O) groups is 1. The van der Waals surface area contributed by atoms with Crippen LogP contribution in [0.1, 0.15) is 12.7 Å². The van der Waals surface area contributed by atoms with E-state index in [2.05, 4.69) is 20.1 Å². The normalized spacial score (nSPS) is 12.4. The van der Waals surface area contributed by atoms with E-state index in [0.717, 1.165) is 6.08 Å². The lowest BCUT2D eigenvalue weighted by atomic mass is 10.4. The third kappa shape index (κ3) is 4.78. The summed E-state index contributed by atoms with van der Waals surface area (Å²) in [4.78, 5) is 14.3. The van der Waals surface area contributed by atoms with Gasteiger partial charge in [-0.05, 0) is 6.92 Å². The number of esters is 1. The van der Waals surface area contributed by atoms with Crippen molar-refractivity contribution in [3.63, 3.8) is 0 Å². The van der Waals surface area contributed by atoms with E-state index in [-0.39, 0.29) is 24.1 Å². The number of ether oxygens (including phenoxy) is 1. The second-order valence-electron chi connectivity index (χ2n) is 3.19. The molecule has 106 valence electrons. The molecule has 0 spiro atoms. The molecule has 0 amide bonds. The third-order valence-electron chi connectivity index (χ3n) is 1.75. The van der Waals surface area contributed by atoms with E-state index >= 15 is 0 Å². The molecule has 1 aromatic heterocycles. The lowest BCUT2D eigenvalue weighted by Gasteiger charge is -2.04. The molecule has 2 N–H and O–H groups in total. The van der Waals surface area contributed by atoms with Crippen LogP contribution in [0.5, 0.6) is 0 Å². The molecule has 1 aromatic rings. The number of allylic oxidation sites excluding steroid dienone is 1. The number of aromatic nitrogens is 3. The zero-order valence-electron chi connectivity index (χ0n) is 9.71. The largest absolute Gasteiger partial charge is 0.463 e. The molecule has 0 unspecified atom stereocenters. The van der Waals surface area contributed by atoms with Gasteiger partial charge in [0.1, 0.15) is 0 Å². The van der Waals surface area contributed by atoms with Crippen LogP contribution in [0.25, 0.3) is 0 Å². The maximum Gasteiger partial charge on any atom is 0.451 e. The van der Waals surface area contributed by atoms with Crippen molar-refractivity contribution in [2.75, 3.05) is 17.8 Å². The fourth-order valence-electron chi connectivity index (χ4n) is 1.02. The Morgan fingerprint density at radius 2 is 2.26 bits per heavy atom. The van der Waals surface area contributed by atoms with Crippen LogP contribution in [-0.2, 0) is 15.7 Å². The number of hydrogen-bond acceptors (Lipinski definition) is 5. The molecule has 1 heterocycles. The molecule has 1 rings (SSSR count). The molecule has 0 aliphatic carbocycles. The van der Waals surface area contributed by atoms with Gasteiger partial charge in [-0.15, -0.1) is 16.7 Å². The van der Waals surface area contributed by atoms with Crippen LogP contribution in [0, 0.1) is 0 Å². The second-order valence-corrected chi connectivity index (χ2v) is 3.45. The molecule has 0 aliphatic heterocycles. The first-order chi connectivity index (χ1) is 8.86. The van der Waals surface area contributed by atoms with Crippen LogP contribution in [0.4, 0.5) is 19.1 Å². The molecule has 0 aliphatic rings. The summed E-state index contributed by atoms with van der Waals surface area (Å²) < 4.78 is 41.4. The highest BCUT2D eigenvalue weighted by atomic mass is 35.5. The topological polar surface area (TPSA) is 79.9 Å². The molecule has 6 nitrogen and oxygen atoms in total. The summed E-state index contributed by atoms with van der Waals surface area (Å²) in [5, 5.41) is 7.41.